The molecule has 2 N–H and O–H groups in total. The van der Waals surface area contributed by atoms with E-state index in [1.165, 1.54) is 5.56 Å². The third-order valence-electron chi connectivity index (χ3n) is 8.66. The molecule has 1 saturated carbocycles. The van der Waals surface area contributed by atoms with Crippen molar-refractivity contribution in [3.8, 4) is 5.75 Å². The Morgan fingerprint density at radius 1 is 1.05 bits per heavy atom. The minimum atomic E-state index is -3.77. The summed E-state index contributed by atoms with van der Waals surface area (Å²) in [4.78, 5) is 15.4. The Hall–Kier alpha value is -2.29. The van der Waals surface area contributed by atoms with Crippen LogP contribution in [-0.4, -0.2) is 44.4 Å². The van der Waals surface area contributed by atoms with Gasteiger partial charge in [0.1, 0.15) is 12.4 Å². The summed E-state index contributed by atoms with van der Waals surface area (Å²) in [6.45, 7) is 3.97. The number of hydrogen-bond acceptors (Lipinski definition) is 6. The van der Waals surface area contributed by atoms with Crippen molar-refractivity contribution in [2.24, 2.45) is 17.8 Å². The zero-order valence-electron chi connectivity index (χ0n) is 22.6. The fraction of sp³-hybridized carbons (Fsp3) is 0.567. The molecular weight excluding hydrogens is 536 g/mol. The smallest absolute Gasteiger partial charge is 0.264 e. The number of sulfonamides is 1. The Kier molecular flexibility index (Phi) is 8.74. The zero-order chi connectivity index (χ0) is 27.6. The highest BCUT2D eigenvalue weighted by molar-refractivity contribution is 7.90. The monoisotopic (exact) mass is 574 g/mol. The molecule has 7 nitrogen and oxygen atoms in total. The second-order valence-electron chi connectivity index (χ2n) is 11.6. The minimum Gasteiger partial charge on any atom is -0.487 e. The van der Waals surface area contributed by atoms with Crippen molar-refractivity contribution in [3.05, 3.63) is 58.1 Å². The number of fused-ring (bicyclic) bond motifs is 3. The number of carbonyl (C=O) groups excluding carboxylic acids is 1. The highest BCUT2D eigenvalue weighted by Gasteiger charge is 2.38. The largest absolute Gasteiger partial charge is 0.487 e. The average molecular weight is 575 g/mol. The lowest BCUT2D eigenvalue weighted by atomic mass is 9.68. The molecule has 0 unspecified atom stereocenters. The number of ether oxygens (including phenoxy) is 1. The molecule has 2 bridgehead atoms. The number of aliphatic hydroxyl groups excluding tert-OH is 1. The first kappa shape index (κ1) is 28.2. The molecule has 0 radical (unpaired) electrons. The summed E-state index contributed by atoms with van der Waals surface area (Å²) in [5, 5.41) is 11.8. The van der Waals surface area contributed by atoms with Gasteiger partial charge in [0.25, 0.3) is 5.91 Å². The molecule has 2 aliphatic heterocycles. The molecule has 5 rings (SSSR count). The molecule has 2 aromatic carbocycles. The Bertz CT molecular complexity index is 1300. The Balaban J connectivity index is 1.51. The predicted molar refractivity (Wildman–Crippen MR) is 154 cm³/mol. The van der Waals surface area contributed by atoms with Crippen LogP contribution in [0.3, 0.4) is 0 Å². The standard InChI is InChI=1S/C30H39ClN2O5S/c1-20-5-4-14-39(36,37)32-30(35)22-9-12-29-27(17-22)33(18-23-8-11-26(23)28(34)15-20)13-3-2-6-21-16-25(31)10-7-24(21)19-38-29/h7,9-10,12,16-17,20,23,26,28,34H,2-6,8,11,13-15,18-19H2,1H3,(H,32,35)/t20-,23+,26-,28+/m1/s1. The molecule has 1 amide bonds. The summed E-state index contributed by atoms with van der Waals surface area (Å²) in [7, 11) is -3.77. The molecule has 2 aromatic rings. The third kappa shape index (κ3) is 6.90. The van der Waals surface area contributed by atoms with Gasteiger partial charge >= 0.3 is 0 Å². The Labute approximate surface area is 236 Å². The van der Waals surface area contributed by atoms with Gasteiger partial charge in [0.2, 0.25) is 10.0 Å². The molecule has 39 heavy (non-hydrogen) atoms. The van der Waals surface area contributed by atoms with Gasteiger partial charge in [-0.15, -0.1) is 0 Å². The van der Waals surface area contributed by atoms with E-state index < -0.39 is 22.0 Å². The number of nitrogens with zero attached hydrogens (tertiary/aromatic N) is 1. The van der Waals surface area contributed by atoms with E-state index in [9.17, 15) is 18.3 Å². The summed E-state index contributed by atoms with van der Waals surface area (Å²) in [6.07, 6.45) is 6.29. The highest BCUT2D eigenvalue weighted by atomic mass is 35.5. The first-order valence-corrected chi connectivity index (χ1v) is 16.2. The number of hydrogen-bond donors (Lipinski definition) is 2. The summed E-state index contributed by atoms with van der Waals surface area (Å²) >= 11 is 6.29. The highest BCUT2D eigenvalue weighted by Crippen LogP contribution is 2.42. The number of amides is 1. The van der Waals surface area contributed by atoms with E-state index in [4.69, 9.17) is 16.3 Å². The second-order valence-corrected chi connectivity index (χ2v) is 13.9. The zero-order valence-corrected chi connectivity index (χ0v) is 24.1. The van der Waals surface area contributed by atoms with Crippen molar-refractivity contribution in [1.82, 2.24) is 4.72 Å². The van der Waals surface area contributed by atoms with E-state index in [0.717, 1.165) is 56.4 Å². The number of nitrogens with one attached hydrogen (secondary N) is 1. The van der Waals surface area contributed by atoms with Gasteiger partial charge in [-0.2, -0.15) is 0 Å². The first-order chi connectivity index (χ1) is 18.7. The van der Waals surface area contributed by atoms with E-state index in [2.05, 4.69) is 16.5 Å². The van der Waals surface area contributed by atoms with Gasteiger partial charge in [-0.25, -0.2) is 13.1 Å². The number of halogens is 1. The number of carbonyl (C=O) groups is 1. The van der Waals surface area contributed by atoms with E-state index in [1.54, 1.807) is 18.2 Å². The Morgan fingerprint density at radius 2 is 1.90 bits per heavy atom. The van der Waals surface area contributed by atoms with Crippen LogP contribution >= 0.6 is 11.6 Å². The molecule has 4 atom stereocenters. The van der Waals surface area contributed by atoms with Crippen molar-refractivity contribution in [3.63, 3.8) is 0 Å². The van der Waals surface area contributed by atoms with Crippen LogP contribution in [0.1, 0.15) is 73.4 Å². The maximum atomic E-state index is 13.1. The molecule has 1 fully saturated rings. The molecule has 9 heteroatoms. The van der Waals surface area contributed by atoms with E-state index in [1.807, 2.05) is 18.2 Å². The minimum absolute atomic E-state index is 0.116. The maximum absolute atomic E-state index is 13.1. The van der Waals surface area contributed by atoms with Crippen molar-refractivity contribution in [2.75, 3.05) is 23.7 Å². The van der Waals surface area contributed by atoms with Gasteiger partial charge in [0.05, 0.1) is 17.5 Å². The van der Waals surface area contributed by atoms with Crippen LogP contribution in [0.2, 0.25) is 5.02 Å². The van der Waals surface area contributed by atoms with Crippen molar-refractivity contribution in [2.45, 2.75) is 71.0 Å². The van der Waals surface area contributed by atoms with Gasteiger partial charge in [-0.3, -0.25) is 4.79 Å². The van der Waals surface area contributed by atoms with Gasteiger partial charge in [-0.1, -0.05) is 24.6 Å². The summed E-state index contributed by atoms with van der Waals surface area (Å²) < 4.78 is 34.0. The summed E-state index contributed by atoms with van der Waals surface area (Å²) in [6, 6.07) is 11.1. The van der Waals surface area contributed by atoms with Crippen LogP contribution in [0.4, 0.5) is 5.69 Å². The third-order valence-corrected chi connectivity index (χ3v) is 10.2. The fourth-order valence-electron chi connectivity index (χ4n) is 6.27. The van der Waals surface area contributed by atoms with Crippen molar-refractivity contribution < 1.29 is 23.1 Å². The van der Waals surface area contributed by atoms with Crippen LogP contribution in [-0.2, 0) is 23.1 Å². The number of aryl methyl sites for hydroxylation is 1. The number of anilines is 1. The van der Waals surface area contributed by atoms with Crippen molar-refractivity contribution >= 4 is 33.2 Å². The molecule has 0 aromatic heterocycles. The average Bonchev–Trinajstić information content (AvgIpc) is 2.88. The fourth-order valence-corrected chi connectivity index (χ4v) is 7.51. The van der Waals surface area contributed by atoms with Gasteiger partial charge in [0, 0.05) is 23.7 Å². The van der Waals surface area contributed by atoms with Crippen LogP contribution < -0.4 is 14.4 Å². The number of aliphatic hydroxyl groups is 1. The lowest BCUT2D eigenvalue weighted by Crippen LogP contribution is -2.44. The van der Waals surface area contributed by atoms with Gasteiger partial charge in [-0.05, 0) is 111 Å². The molecule has 212 valence electrons. The van der Waals surface area contributed by atoms with Gasteiger partial charge < -0.3 is 14.7 Å². The molecule has 0 saturated heterocycles. The normalized spacial score (nSPS) is 28.0. The quantitative estimate of drug-likeness (QED) is 0.442. The summed E-state index contributed by atoms with van der Waals surface area (Å²) in [5.74, 6) is 0.707. The van der Waals surface area contributed by atoms with E-state index in [0.29, 0.717) is 48.1 Å². The number of benzene rings is 2. The molecular formula is C30H39ClN2O5S. The second kappa shape index (κ2) is 12.1. The predicted octanol–water partition coefficient (Wildman–Crippen LogP) is 5.33. The van der Waals surface area contributed by atoms with E-state index >= 15 is 0 Å². The Morgan fingerprint density at radius 3 is 2.69 bits per heavy atom. The molecule has 2 heterocycles. The maximum Gasteiger partial charge on any atom is 0.264 e. The van der Waals surface area contributed by atoms with Crippen LogP contribution in [0, 0.1) is 17.8 Å². The van der Waals surface area contributed by atoms with Crippen LogP contribution in [0.5, 0.6) is 5.75 Å². The molecule has 3 aliphatic rings. The number of rotatable bonds is 0. The lowest BCUT2D eigenvalue weighted by molar-refractivity contribution is 0.00167. The SMILES string of the molecule is C[C@@H]1CCCS(=O)(=O)NC(=O)c2ccc3c(c2)N(CCCCc2cc(Cl)ccc2CO3)C[C@@H]2CC[C@H]2[C@@H](O)C1. The topological polar surface area (TPSA) is 95.9 Å². The lowest BCUT2D eigenvalue weighted by Gasteiger charge is -2.44. The van der Waals surface area contributed by atoms with Gasteiger partial charge in [0.15, 0.2) is 0 Å². The van der Waals surface area contributed by atoms with Crippen LogP contribution in [0.25, 0.3) is 0 Å². The van der Waals surface area contributed by atoms with E-state index in [-0.39, 0.29) is 17.6 Å². The molecule has 1 aliphatic carbocycles. The summed E-state index contributed by atoms with van der Waals surface area (Å²) in [5.41, 5.74) is 3.34. The first-order valence-electron chi connectivity index (χ1n) is 14.2. The van der Waals surface area contributed by atoms with Crippen molar-refractivity contribution in [1.29, 1.82) is 0 Å². The van der Waals surface area contributed by atoms with Crippen LogP contribution in [0.15, 0.2) is 36.4 Å². The molecule has 0 spiro atoms.